The van der Waals surface area contributed by atoms with Crippen molar-refractivity contribution in [3.05, 3.63) is 58.4 Å². The molecule has 0 aromatic heterocycles. The molecule has 0 aliphatic heterocycles. The van der Waals surface area contributed by atoms with Gasteiger partial charge in [-0.05, 0) is 29.3 Å². The fourth-order valence-electron chi connectivity index (χ4n) is 1.86. The monoisotopic (exact) mass is 264 g/mol. The van der Waals surface area contributed by atoms with Gasteiger partial charge in [-0.25, -0.2) is 4.39 Å². The minimum Gasteiger partial charge on any atom is -0.392 e. The zero-order valence-corrected chi connectivity index (χ0v) is 10.1. The summed E-state index contributed by atoms with van der Waals surface area (Å²) >= 11 is 6.09. The zero-order valence-electron chi connectivity index (χ0n) is 9.36. The summed E-state index contributed by atoms with van der Waals surface area (Å²) in [5, 5.41) is 9.71. The van der Waals surface area contributed by atoms with Crippen LogP contribution in [0.3, 0.4) is 0 Å². The van der Waals surface area contributed by atoms with Crippen molar-refractivity contribution < 1.29 is 14.3 Å². The summed E-state index contributed by atoms with van der Waals surface area (Å²) in [4.78, 5) is 11.0. The third-order valence-corrected chi connectivity index (χ3v) is 3.00. The van der Waals surface area contributed by atoms with E-state index in [4.69, 9.17) is 11.6 Å². The van der Waals surface area contributed by atoms with Crippen molar-refractivity contribution >= 4 is 17.9 Å². The second-order valence-electron chi connectivity index (χ2n) is 3.78. The largest absolute Gasteiger partial charge is 0.392 e. The van der Waals surface area contributed by atoms with E-state index in [0.717, 1.165) is 6.07 Å². The molecule has 0 radical (unpaired) electrons. The molecule has 0 bridgehead atoms. The summed E-state index contributed by atoms with van der Waals surface area (Å²) in [7, 11) is 0. The smallest absolute Gasteiger partial charge is 0.150 e. The molecule has 18 heavy (non-hydrogen) atoms. The van der Waals surface area contributed by atoms with Crippen LogP contribution in [0, 0.1) is 5.82 Å². The topological polar surface area (TPSA) is 37.3 Å². The summed E-state index contributed by atoms with van der Waals surface area (Å²) in [6, 6.07) is 8.97. The molecule has 1 N–H and O–H groups in total. The van der Waals surface area contributed by atoms with E-state index < -0.39 is 5.82 Å². The Bertz CT molecular complexity index is 596. The first kappa shape index (κ1) is 12.7. The highest BCUT2D eigenvalue weighted by atomic mass is 35.5. The number of carbonyl (C=O) groups excluding carboxylic acids is 1. The molecule has 0 saturated carbocycles. The van der Waals surface area contributed by atoms with Crippen LogP contribution in [0.2, 0.25) is 5.02 Å². The predicted octanol–water partition coefficient (Wildman–Crippen LogP) is 3.45. The van der Waals surface area contributed by atoms with Gasteiger partial charge in [0.05, 0.1) is 6.61 Å². The number of rotatable bonds is 3. The van der Waals surface area contributed by atoms with Gasteiger partial charge in [0.25, 0.3) is 0 Å². The van der Waals surface area contributed by atoms with Crippen LogP contribution < -0.4 is 0 Å². The molecule has 0 unspecified atom stereocenters. The molecule has 4 heteroatoms. The highest BCUT2D eigenvalue weighted by molar-refractivity contribution is 6.33. The third kappa shape index (κ3) is 2.28. The van der Waals surface area contributed by atoms with Crippen LogP contribution in [0.4, 0.5) is 4.39 Å². The van der Waals surface area contributed by atoms with Crippen molar-refractivity contribution in [2.75, 3.05) is 0 Å². The number of carbonyl (C=O) groups is 1. The molecule has 2 nitrogen and oxygen atoms in total. The SMILES string of the molecule is O=Cc1cc(F)ccc1-c1c(Cl)cccc1CO. The quantitative estimate of drug-likeness (QED) is 0.862. The van der Waals surface area contributed by atoms with Crippen molar-refractivity contribution in [2.24, 2.45) is 0 Å². The summed E-state index contributed by atoms with van der Waals surface area (Å²) in [5.74, 6) is -0.488. The number of aliphatic hydroxyl groups is 1. The summed E-state index contributed by atoms with van der Waals surface area (Å²) in [5.41, 5.74) is 1.87. The Labute approximate surface area is 109 Å². The van der Waals surface area contributed by atoms with Gasteiger partial charge in [-0.15, -0.1) is 0 Å². The van der Waals surface area contributed by atoms with E-state index in [0.29, 0.717) is 28.0 Å². The van der Waals surface area contributed by atoms with Gasteiger partial charge in [0.1, 0.15) is 5.82 Å². The number of aldehydes is 1. The second-order valence-corrected chi connectivity index (χ2v) is 4.19. The lowest BCUT2D eigenvalue weighted by atomic mass is 9.96. The van der Waals surface area contributed by atoms with Gasteiger partial charge >= 0.3 is 0 Å². The normalized spacial score (nSPS) is 10.4. The van der Waals surface area contributed by atoms with E-state index in [1.807, 2.05) is 0 Å². The Hall–Kier alpha value is -1.71. The lowest BCUT2D eigenvalue weighted by molar-refractivity contribution is 0.112. The molecule has 2 rings (SSSR count). The Morgan fingerprint density at radius 2 is 2.06 bits per heavy atom. The fraction of sp³-hybridized carbons (Fsp3) is 0.0714. The maximum atomic E-state index is 13.1. The van der Waals surface area contributed by atoms with Crippen LogP contribution in [-0.4, -0.2) is 11.4 Å². The first-order chi connectivity index (χ1) is 8.67. The second kappa shape index (κ2) is 5.29. The molecule has 0 atom stereocenters. The number of benzene rings is 2. The lowest BCUT2D eigenvalue weighted by Crippen LogP contribution is -1.95. The van der Waals surface area contributed by atoms with Gasteiger partial charge in [-0.3, -0.25) is 4.79 Å². The average Bonchev–Trinajstić information content (AvgIpc) is 2.38. The van der Waals surface area contributed by atoms with Crippen LogP contribution in [0.25, 0.3) is 11.1 Å². The number of halogens is 2. The minimum absolute atomic E-state index is 0.203. The Morgan fingerprint density at radius 1 is 1.28 bits per heavy atom. The van der Waals surface area contributed by atoms with Crippen LogP contribution in [0.15, 0.2) is 36.4 Å². The van der Waals surface area contributed by atoms with E-state index in [1.165, 1.54) is 12.1 Å². The van der Waals surface area contributed by atoms with E-state index >= 15 is 0 Å². The summed E-state index contributed by atoms with van der Waals surface area (Å²) < 4.78 is 13.1. The number of aliphatic hydroxyl groups excluding tert-OH is 1. The molecule has 0 fully saturated rings. The molecule has 2 aromatic rings. The molecular weight excluding hydrogens is 255 g/mol. The summed E-state index contributed by atoms with van der Waals surface area (Å²) in [6.45, 7) is -0.203. The number of hydrogen-bond donors (Lipinski definition) is 1. The van der Waals surface area contributed by atoms with E-state index in [-0.39, 0.29) is 12.2 Å². The molecular formula is C14H10ClFO2. The molecule has 0 saturated heterocycles. The maximum absolute atomic E-state index is 13.1. The molecule has 0 aliphatic rings. The van der Waals surface area contributed by atoms with Crippen molar-refractivity contribution in [3.63, 3.8) is 0 Å². The van der Waals surface area contributed by atoms with E-state index in [2.05, 4.69) is 0 Å². The average molecular weight is 265 g/mol. The van der Waals surface area contributed by atoms with Gasteiger partial charge in [-0.2, -0.15) is 0 Å². The third-order valence-electron chi connectivity index (χ3n) is 2.68. The minimum atomic E-state index is -0.488. The van der Waals surface area contributed by atoms with Gasteiger partial charge in [0.15, 0.2) is 6.29 Å². The summed E-state index contributed by atoms with van der Waals surface area (Å²) in [6.07, 6.45) is 0.572. The van der Waals surface area contributed by atoms with Crippen molar-refractivity contribution in [2.45, 2.75) is 6.61 Å². The molecule has 92 valence electrons. The molecule has 0 heterocycles. The molecule has 0 amide bonds. The van der Waals surface area contributed by atoms with Gasteiger partial charge in [-0.1, -0.05) is 29.8 Å². The highest BCUT2D eigenvalue weighted by Crippen LogP contribution is 2.33. The van der Waals surface area contributed by atoms with Crippen molar-refractivity contribution in [3.8, 4) is 11.1 Å². The van der Waals surface area contributed by atoms with E-state index in [9.17, 15) is 14.3 Å². The Kier molecular flexibility index (Phi) is 3.75. The first-order valence-corrected chi connectivity index (χ1v) is 5.68. The van der Waals surface area contributed by atoms with Crippen LogP contribution >= 0.6 is 11.6 Å². The number of hydrogen-bond acceptors (Lipinski definition) is 2. The zero-order chi connectivity index (χ0) is 13.1. The Morgan fingerprint density at radius 3 is 2.72 bits per heavy atom. The van der Waals surface area contributed by atoms with Crippen LogP contribution in [0.1, 0.15) is 15.9 Å². The van der Waals surface area contributed by atoms with Gasteiger partial charge in [0.2, 0.25) is 0 Å². The van der Waals surface area contributed by atoms with Crippen LogP contribution in [-0.2, 0) is 6.61 Å². The Balaban J connectivity index is 2.72. The predicted molar refractivity (Wildman–Crippen MR) is 68.2 cm³/mol. The van der Waals surface area contributed by atoms with E-state index in [1.54, 1.807) is 18.2 Å². The standard InChI is InChI=1S/C14H10ClFO2/c15-13-3-1-2-9(7-17)14(13)12-5-4-11(16)6-10(12)8-18/h1-6,8,17H,7H2. The van der Waals surface area contributed by atoms with Crippen molar-refractivity contribution in [1.82, 2.24) is 0 Å². The van der Waals surface area contributed by atoms with Crippen LogP contribution in [0.5, 0.6) is 0 Å². The maximum Gasteiger partial charge on any atom is 0.150 e. The lowest BCUT2D eigenvalue weighted by Gasteiger charge is -2.12. The van der Waals surface area contributed by atoms with Crippen molar-refractivity contribution in [1.29, 1.82) is 0 Å². The molecule has 2 aromatic carbocycles. The van der Waals surface area contributed by atoms with Gasteiger partial charge < -0.3 is 5.11 Å². The van der Waals surface area contributed by atoms with Gasteiger partial charge in [0, 0.05) is 16.1 Å². The fourth-order valence-corrected chi connectivity index (χ4v) is 2.16. The molecule has 0 spiro atoms. The highest BCUT2D eigenvalue weighted by Gasteiger charge is 2.13. The molecule has 0 aliphatic carbocycles. The first-order valence-electron chi connectivity index (χ1n) is 5.30.